The van der Waals surface area contributed by atoms with Gasteiger partial charge in [-0.05, 0) is 43.4 Å². The van der Waals surface area contributed by atoms with Crippen LogP contribution in [0.15, 0.2) is 39.1 Å². The Morgan fingerprint density at radius 1 is 1.26 bits per heavy atom. The molecule has 1 aliphatic heterocycles. The highest BCUT2D eigenvalue weighted by molar-refractivity contribution is 7.98. The number of amides is 1. The number of likely N-dealkylation sites (tertiary alicyclic amines) is 1. The Bertz CT molecular complexity index is 1010. The molecule has 0 radical (unpaired) electrons. The van der Waals surface area contributed by atoms with E-state index >= 15 is 0 Å². The van der Waals surface area contributed by atoms with Gasteiger partial charge in [0.25, 0.3) is 0 Å². The Morgan fingerprint density at radius 2 is 2.00 bits per heavy atom. The predicted octanol–water partition coefficient (Wildman–Crippen LogP) is 4.97. The van der Waals surface area contributed by atoms with Crippen LogP contribution in [0.1, 0.15) is 65.7 Å². The van der Waals surface area contributed by atoms with Crippen molar-refractivity contribution in [2.24, 2.45) is 0 Å². The zero-order chi connectivity index (χ0) is 21.8. The molecule has 0 N–H and O–H groups in total. The molecule has 1 aromatic carbocycles. The Kier molecular flexibility index (Phi) is 6.92. The molecular formula is C22H26N4O3S2. The van der Waals surface area contributed by atoms with Crippen molar-refractivity contribution in [3.05, 3.63) is 52.1 Å². The van der Waals surface area contributed by atoms with Crippen LogP contribution in [0.25, 0.3) is 0 Å². The largest absolute Gasteiger partial charge is 0.487 e. The molecule has 0 unspecified atom stereocenters. The molecular weight excluding hydrogens is 432 g/mol. The van der Waals surface area contributed by atoms with Crippen LogP contribution in [0.5, 0.6) is 5.75 Å². The summed E-state index contributed by atoms with van der Waals surface area (Å²) in [5, 5.41) is 7.07. The summed E-state index contributed by atoms with van der Waals surface area (Å²) in [6.45, 7) is 5.73. The number of carbonyl (C=O) groups is 1. The molecule has 0 spiro atoms. The maximum absolute atomic E-state index is 12.6. The number of nitrogens with zero attached hydrogens (tertiary/aromatic N) is 4. The van der Waals surface area contributed by atoms with Crippen molar-refractivity contribution in [1.29, 1.82) is 0 Å². The number of rotatable bonds is 7. The van der Waals surface area contributed by atoms with E-state index in [0.29, 0.717) is 31.4 Å². The lowest BCUT2D eigenvalue weighted by molar-refractivity contribution is 0.0662. The Morgan fingerprint density at radius 3 is 2.65 bits per heavy atom. The zero-order valence-electron chi connectivity index (χ0n) is 17.9. The number of benzene rings is 1. The van der Waals surface area contributed by atoms with Crippen LogP contribution >= 0.6 is 23.1 Å². The van der Waals surface area contributed by atoms with Gasteiger partial charge in [-0.25, -0.2) is 4.98 Å². The van der Waals surface area contributed by atoms with Gasteiger partial charge in [0, 0.05) is 35.2 Å². The fourth-order valence-corrected chi connectivity index (χ4v) is 4.81. The highest BCUT2D eigenvalue weighted by Gasteiger charge is 2.29. The van der Waals surface area contributed by atoms with Crippen molar-refractivity contribution in [2.75, 3.05) is 19.3 Å². The molecule has 3 aromatic rings. The van der Waals surface area contributed by atoms with Gasteiger partial charge < -0.3 is 14.2 Å². The average molecular weight is 459 g/mol. The van der Waals surface area contributed by atoms with E-state index in [0.717, 1.165) is 29.3 Å². The molecule has 1 fully saturated rings. The van der Waals surface area contributed by atoms with Gasteiger partial charge in [-0.3, -0.25) is 4.79 Å². The van der Waals surface area contributed by atoms with E-state index in [2.05, 4.69) is 33.9 Å². The van der Waals surface area contributed by atoms with Crippen molar-refractivity contribution >= 4 is 29.0 Å². The first kappa shape index (κ1) is 21.8. The number of carbonyl (C=O) groups excluding carboxylic acids is 1. The number of thiazole rings is 1. The van der Waals surface area contributed by atoms with Crippen LogP contribution in [0.4, 0.5) is 0 Å². The highest BCUT2D eigenvalue weighted by atomic mass is 32.2. The summed E-state index contributed by atoms with van der Waals surface area (Å²) in [6.07, 6.45) is 3.81. The van der Waals surface area contributed by atoms with E-state index in [1.54, 1.807) is 28.0 Å². The van der Waals surface area contributed by atoms with Crippen molar-refractivity contribution < 1.29 is 14.1 Å². The zero-order valence-corrected chi connectivity index (χ0v) is 19.5. The molecule has 4 rings (SSSR count). The van der Waals surface area contributed by atoms with Gasteiger partial charge in [-0.1, -0.05) is 19.0 Å². The quantitative estimate of drug-likeness (QED) is 0.462. The van der Waals surface area contributed by atoms with Gasteiger partial charge in [0.1, 0.15) is 12.4 Å². The fourth-order valence-electron chi connectivity index (χ4n) is 3.43. The second kappa shape index (κ2) is 9.82. The molecule has 7 nitrogen and oxygen atoms in total. The summed E-state index contributed by atoms with van der Waals surface area (Å²) in [5.41, 5.74) is 0.944. The SMILES string of the molecule is CSc1ccc(OCc2csc(C3CCN(C(=O)c4nc(C(C)C)no4)CC3)n2)cc1. The Labute approximate surface area is 190 Å². The second-order valence-corrected chi connectivity index (χ2v) is 9.59. The third kappa shape index (κ3) is 5.27. The molecule has 9 heteroatoms. The van der Waals surface area contributed by atoms with Crippen LogP contribution in [0.2, 0.25) is 0 Å². The third-order valence-corrected chi connectivity index (χ3v) is 7.09. The minimum atomic E-state index is -0.182. The monoisotopic (exact) mass is 458 g/mol. The van der Waals surface area contributed by atoms with E-state index in [9.17, 15) is 4.79 Å². The third-order valence-electron chi connectivity index (χ3n) is 5.29. The van der Waals surface area contributed by atoms with Crippen LogP contribution in [0.3, 0.4) is 0 Å². The lowest BCUT2D eigenvalue weighted by Gasteiger charge is -2.30. The van der Waals surface area contributed by atoms with Gasteiger partial charge in [-0.2, -0.15) is 4.98 Å². The van der Waals surface area contributed by atoms with Crippen molar-refractivity contribution in [3.63, 3.8) is 0 Å². The first-order valence-corrected chi connectivity index (χ1v) is 12.5. The Balaban J connectivity index is 1.28. The second-order valence-electron chi connectivity index (χ2n) is 7.82. The van der Waals surface area contributed by atoms with Gasteiger partial charge in [0.2, 0.25) is 0 Å². The number of piperidine rings is 1. The highest BCUT2D eigenvalue weighted by Crippen LogP contribution is 2.31. The predicted molar refractivity (Wildman–Crippen MR) is 121 cm³/mol. The minimum absolute atomic E-state index is 0.0846. The van der Waals surface area contributed by atoms with Gasteiger partial charge in [0.05, 0.1) is 10.7 Å². The Hall–Kier alpha value is -2.39. The van der Waals surface area contributed by atoms with Gasteiger partial charge in [0.15, 0.2) is 5.82 Å². The topological polar surface area (TPSA) is 81.4 Å². The van der Waals surface area contributed by atoms with E-state index in [-0.39, 0.29) is 17.7 Å². The molecule has 1 amide bonds. The van der Waals surface area contributed by atoms with Crippen molar-refractivity contribution in [3.8, 4) is 5.75 Å². The number of thioether (sulfide) groups is 1. The number of hydrogen-bond donors (Lipinski definition) is 0. The number of ether oxygens (including phenoxy) is 1. The molecule has 31 heavy (non-hydrogen) atoms. The molecule has 3 heterocycles. The minimum Gasteiger partial charge on any atom is -0.487 e. The molecule has 0 bridgehead atoms. The maximum Gasteiger partial charge on any atom is 0.316 e. The maximum atomic E-state index is 12.6. The van der Waals surface area contributed by atoms with Crippen LogP contribution in [0, 0.1) is 0 Å². The average Bonchev–Trinajstić information content (AvgIpc) is 3.48. The summed E-state index contributed by atoms with van der Waals surface area (Å²) < 4.78 is 11.0. The normalized spacial score (nSPS) is 14.9. The van der Waals surface area contributed by atoms with Crippen molar-refractivity contribution in [2.45, 2.75) is 50.0 Å². The van der Waals surface area contributed by atoms with E-state index in [4.69, 9.17) is 14.2 Å². The van der Waals surface area contributed by atoms with Gasteiger partial charge in [-0.15, -0.1) is 23.1 Å². The molecule has 0 atom stereocenters. The summed E-state index contributed by atoms with van der Waals surface area (Å²) in [5.74, 6) is 1.81. The summed E-state index contributed by atoms with van der Waals surface area (Å²) in [7, 11) is 0. The van der Waals surface area contributed by atoms with Crippen LogP contribution in [-0.2, 0) is 6.61 Å². The first-order chi connectivity index (χ1) is 15.0. The summed E-state index contributed by atoms with van der Waals surface area (Å²) >= 11 is 3.38. The molecule has 1 saturated heterocycles. The number of aromatic nitrogens is 3. The molecule has 1 aliphatic rings. The lowest BCUT2D eigenvalue weighted by atomic mass is 9.97. The van der Waals surface area contributed by atoms with E-state index < -0.39 is 0 Å². The van der Waals surface area contributed by atoms with E-state index in [1.807, 2.05) is 26.0 Å². The first-order valence-electron chi connectivity index (χ1n) is 10.4. The summed E-state index contributed by atoms with van der Waals surface area (Å²) in [4.78, 5) is 24.7. The molecule has 0 saturated carbocycles. The number of hydrogen-bond acceptors (Lipinski definition) is 8. The summed E-state index contributed by atoms with van der Waals surface area (Å²) in [6, 6.07) is 8.08. The molecule has 0 aliphatic carbocycles. The van der Waals surface area contributed by atoms with Crippen molar-refractivity contribution in [1.82, 2.24) is 20.0 Å². The van der Waals surface area contributed by atoms with E-state index in [1.165, 1.54) is 4.90 Å². The lowest BCUT2D eigenvalue weighted by Crippen LogP contribution is -2.38. The van der Waals surface area contributed by atoms with Crippen LogP contribution < -0.4 is 4.74 Å². The smallest absolute Gasteiger partial charge is 0.316 e. The molecule has 164 valence electrons. The fraction of sp³-hybridized carbons (Fsp3) is 0.455. The van der Waals surface area contributed by atoms with Crippen LogP contribution in [-0.4, -0.2) is 45.3 Å². The standard InChI is InChI=1S/C22H26N4O3S2/c1-14(2)19-24-20(29-25-19)22(27)26-10-8-15(9-11-26)21-23-16(13-31-21)12-28-17-4-6-18(30-3)7-5-17/h4-7,13-15H,8-12H2,1-3H3. The molecule has 2 aromatic heterocycles. The van der Waals surface area contributed by atoms with Gasteiger partial charge >= 0.3 is 11.8 Å².